The van der Waals surface area contributed by atoms with Gasteiger partial charge in [0.05, 0.1) is 28.0 Å². The topological polar surface area (TPSA) is 107 Å². The molecule has 7 nitrogen and oxygen atoms in total. The minimum atomic E-state index is -2.49. The lowest BCUT2D eigenvalue weighted by molar-refractivity contribution is -0.143. The standard InChI is InChI=1S/C26H28ClFN2O5S/c27-21-7-3-6-20(22(21)28)25-29-23(24(35-25)18-4-1-2-5-19(18)26(31)32)16-8-10-17(11-9-16)30-12-14-36(33,34)15-13-30/h3,6-11,18-19,33-34H,1-2,4-5,12-15H2,(H,31,32). The molecule has 0 radical (unpaired) electrons. The molecule has 2 heterocycles. The van der Waals surface area contributed by atoms with Gasteiger partial charge in [0.25, 0.3) is 0 Å². The van der Waals surface area contributed by atoms with Crippen molar-refractivity contribution in [3.8, 4) is 22.7 Å². The second-order valence-corrected chi connectivity index (χ2v) is 12.2. The lowest BCUT2D eigenvalue weighted by atomic mass is 9.77. The van der Waals surface area contributed by atoms with Crippen LogP contribution in [0, 0.1) is 11.7 Å². The van der Waals surface area contributed by atoms with Crippen LogP contribution in [0.25, 0.3) is 22.7 Å². The number of rotatable bonds is 5. The molecule has 1 aliphatic carbocycles. The summed E-state index contributed by atoms with van der Waals surface area (Å²) >= 11 is 5.99. The van der Waals surface area contributed by atoms with Crippen LogP contribution in [0.2, 0.25) is 5.02 Å². The number of hydrogen-bond acceptors (Lipinski definition) is 6. The minimum absolute atomic E-state index is 0.0441. The minimum Gasteiger partial charge on any atom is -0.481 e. The van der Waals surface area contributed by atoms with Crippen molar-refractivity contribution in [1.29, 1.82) is 0 Å². The molecule has 2 unspecified atom stereocenters. The Bertz CT molecular complexity index is 1260. The molecule has 1 saturated carbocycles. The van der Waals surface area contributed by atoms with Crippen molar-refractivity contribution in [2.45, 2.75) is 31.6 Å². The first-order chi connectivity index (χ1) is 17.2. The summed E-state index contributed by atoms with van der Waals surface area (Å²) < 4.78 is 40.8. The molecule has 2 atom stereocenters. The monoisotopic (exact) mass is 534 g/mol. The number of nitrogens with zero attached hydrogens (tertiary/aromatic N) is 2. The zero-order valence-corrected chi connectivity index (χ0v) is 21.1. The Morgan fingerprint density at radius 2 is 1.78 bits per heavy atom. The molecule has 2 aromatic carbocycles. The average molecular weight is 535 g/mol. The number of anilines is 1. The van der Waals surface area contributed by atoms with Crippen LogP contribution in [0.5, 0.6) is 0 Å². The van der Waals surface area contributed by atoms with E-state index in [2.05, 4.69) is 9.88 Å². The molecule has 0 amide bonds. The van der Waals surface area contributed by atoms with E-state index in [0.717, 1.165) is 24.1 Å². The molecule has 1 saturated heterocycles. The summed E-state index contributed by atoms with van der Waals surface area (Å²) in [5, 5.41) is 9.83. The van der Waals surface area contributed by atoms with E-state index in [1.54, 1.807) is 12.1 Å². The highest BCUT2D eigenvalue weighted by atomic mass is 35.5. The van der Waals surface area contributed by atoms with Crippen LogP contribution >= 0.6 is 22.2 Å². The zero-order chi connectivity index (χ0) is 25.4. The number of oxazole rings is 1. The highest BCUT2D eigenvalue weighted by Crippen LogP contribution is 2.45. The van der Waals surface area contributed by atoms with Crippen LogP contribution in [-0.2, 0) is 4.79 Å². The van der Waals surface area contributed by atoms with Crippen molar-refractivity contribution < 1.29 is 27.8 Å². The number of carboxylic acids is 1. The van der Waals surface area contributed by atoms with Gasteiger partial charge >= 0.3 is 5.97 Å². The van der Waals surface area contributed by atoms with Gasteiger partial charge in [0.15, 0.2) is 5.82 Å². The fourth-order valence-corrected chi connectivity index (χ4v) is 6.53. The molecule has 1 aliphatic heterocycles. The number of aromatic nitrogens is 1. The Morgan fingerprint density at radius 1 is 1.08 bits per heavy atom. The van der Waals surface area contributed by atoms with Crippen LogP contribution in [0.3, 0.4) is 0 Å². The summed E-state index contributed by atoms with van der Waals surface area (Å²) in [6.45, 7) is 1.11. The number of benzene rings is 2. The van der Waals surface area contributed by atoms with E-state index in [0.29, 0.717) is 48.9 Å². The van der Waals surface area contributed by atoms with E-state index in [1.165, 1.54) is 6.07 Å². The van der Waals surface area contributed by atoms with Crippen molar-refractivity contribution in [3.63, 3.8) is 0 Å². The van der Waals surface area contributed by atoms with E-state index in [9.17, 15) is 23.4 Å². The number of halogens is 2. The van der Waals surface area contributed by atoms with E-state index in [4.69, 9.17) is 16.0 Å². The molecule has 3 N–H and O–H groups in total. The third-order valence-electron chi connectivity index (χ3n) is 7.14. The first kappa shape index (κ1) is 25.1. The van der Waals surface area contributed by atoms with Crippen molar-refractivity contribution in [1.82, 2.24) is 4.98 Å². The lowest BCUT2D eigenvalue weighted by Crippen LogP contribution is -2.38. The lowest BCUT2D eigenvalue weighted by Gasteiger charge is -2.41. The van der Waals surface area contributed by atoms with E-state index < -0.39 is 28.3 Å². The number of hydrogen-bond donors (Lipinski definition) is 3. The van der Waals surface area contributed by atoms with Crippen molar-refractivity contribution in [3.05, 3.63) is 59.1 Å². The highest BCUT2D eigenvalue weighted by molar-refractivity contribution is 8.24. The molecule has 36 heavy (non-hydrogen) atoms. The van der Waals surface area contributed by atoms with Crippen molar-refractivity contribution in [2.75, 3.05) is 29.5 Å². The van der Waals surface area contributed by atoms with Crippen LogP contribution in [-0.4, -0.2) is 49.8 Å². The Morgan fingerprint density at radius 3 is 2.47 bits per heavy atom. The van der Waals surface area contributed by atoms with Gasteiger partial charge in [0.1, 0.15) is 11.5 Å². The molecule has 0 bridgehead atoms. The molecule has 10 heteroatoms. The smallest absolute Gasteiger partial charge is 0.307 e. The average Bonchev–Trinajstić information content (AvgIpc) is 3.31. The molecule has 0 spiro atoms. The SMILES string of the molecule is O=C(O)C1CCCCC1c1oc(-c2cccc(Cl)c2F)nc1-c1ccc(N2CCS(O)(O)CC2)cc1. The molecular formula is C26H28ClFN2O5S. The second kappa shape index (κ2) is 10.0. The number of aliphatic carboxylic acids is 1. The maximum atomic E-state index is 14.8. The van der Waals surface area contributed by atoms with Gasteiger partial charge in [-0.3, -0.25) is 13.9 Å². The van der Waals surface area contributed by atoms with Crippen LogP contribution in [0.4, 0.5) is 10.1 Å². The molecule has 2 aliphatic rings. The van der Waals surface area contributed by atoms with Gasteiger partial charge < -0.3 is 14.4 Å². The van der Waals surface area contributed by atoms with Crippen molar-refractivity contribution in [2.24, 2.45) is 5.92 Å². The Labute approximate surface area is 215 Å². The summed E-state index contributed by atoms with van der Waals surface area (Å²) in [5.74, 6) is -1.27. The summed E-state index contributed by atoms with van der Waals surface area (Å²) in [6, 6.07) is 12.2. The van der Waals surface area contributed by atoms with Crippen LogP contribution < -0.4 is 4.90 Å². The number of carbonyl (C=O) groups is 1. The van der Waals surface area contributed by atoms with Gasteiger partial charge in [-0.25, -0.2) is 9.37 Å². The van der Waals surface area contributed by atoms with Crippen LogP contribution in [0.15, 0.2) is 46.9 Å². The predicted octanol–water partition coefficient (Wildman–Crippen LogP) is 6.73. The molecule has 192 valence electrons. The van der Waals surface area contributed by atoms with Gasteiger partial charge in [0, 0.05) is 30.3 Å². The molecule has 3 aromatic rings. The van der Waals surface area contributed by atoms with E-state index >= 15 is 0 Å². The maximum absolute atomic E-state index is 14.8. The fourth-order valence-electron chi connectivity index (χ4n) is 5.13. The Kier molecular flexibility index (Phi) is 7.00. The van der Waals surface area contributed by atoms with Gasteiger partial charge in [-0.1, -0.05) is 42.6 Å². The molecular weight excluding hydrogens is 507 g/mol. The summed E-state index contributed by atoms with van der Waals surface area (Å²) in [5.41, 5.74) is 2.31. The first-order valence-corrected chi connectivity index (χ1v) is 14.3. The normalized spacial score (nSPS) is 22.8. The summed E-state index contributed by atoms with van der Waals surface area (Å²) in [6.07, 6.45) is 2.91. The summed E-state index contributed by atoms with van der Waals surface area (Å²) in [4.78, 5) is 18.8. The predicted molar refractivity (Wildman–Crippen MR) is 139 cm³/mol. The zero-order valence-electron chi connectivity index (χ0n) is 19.6. The molecule has 2 fully saturated rings. The van der Waals surface area contributed by atoms with Gasteiger partial charge in [0.2, 0.25) is 5.89 Å². The maximum Gasteiger partial charge on any atom is 0.307 e. The van der Waals surface area contributed by atoms with Gasteiger partial charge in [-0.15, -0.1) is 0 Å². The van der Waals surface area contributed by atoms with Gasteiger partial charge in [-0.2, -0.15) is 10.6 Å². The van der Waals surface area contributed by atoms with Crippen molar-refractivity contribution >= 4 is 33.8 Å². The van der Waals surface area contributed by atoms with Crippen LogP contribution in [0.1, 0.15) is 37.4 Å². The van der Waals surface area contributed by atoms with E-state index in [-0.39, 0.29) is 22.4 Å². The first-order valence-electron chi connectivity index (χ1n) is 12.0. The third kappa shape index (κ3) is 4.98. The molecule has 1 aromatic heterocycles. The number of carboxylic acid groups (broad SMARTS) is 1. The third-order valence-corrected chi connectivity index (χ3v) is 9.10. The van der Waals surface area contributed by atoms with Gasteiger partial charge in [-0.05, 0) is 37.1 Å². The molecule has 5 rings (SSSR count). The Balaban J connectivity index is 1.54. The fraction of sp³-hybridized carbons (Fsp3) is 0.385. The second-order valence-electron chi connectivity index (χ2n) is 9.41. The summed E-state index contributed by atoms with van der Waals surface area (Å²) in [7, 11) is -2.49. The Hall–Kier alpha value is -2.59. The quantitative estimate of drug-likeness (QED) is 0.333. The largest absolute Gasteiger partial charge is 0.481 e. The highest BCUT2D eigenvalue weighted by Gasteiger charge is 2.37. The van der Waals surface area contributed by atoms with E-state index in [1.807, 2.05) is 24.3 Å².